The fraction of sp³-hybridized carbons (Fsp3) is 0.182. The highest BCUT2D eigenvalue weighted by molar-refractivity contribution is 7.15. The number of nitrogens with zero attached hydrogens (tertiary/aromatic N) is 2. The van der Waals surface area contributed by atoms with Crippen molar-refractivity contribution in [2.24, 2.45) is 0 Å². The molecule has 3 aromatic rings. The Kier molecular flexibility index (Phi) is 6.78. The molecule has 0 aliphatic heterocycles. The van der Waals surface area contributed by atoms with Crippen molar-refractivity contribution in [2.75, 3.05) is 10.6 Å². The molecule has 0 saturated carbocycles. The number of nitrogens with one attached hydrogen (secondary N) is 3. The lowest BCUT2D eigenvalue weighted by Crippen LogP contribution is -2.34. The van der Waals surface area contributed by atoms with Gasteiger partial charge in [0.25, 0.3) is 5.91 Å². The van der Waals surface area contributed by atoms with Crippen LogP contribution in [0, 0.1) is 11.3 Å². The Hall–Kier alpha value is -3.70. The van der Waals surface area contributed by atoms with Crippen LogP contribution in [-0.2, 0) is 6.42 Å². The number of rotatable bonds is 6. The normalized spacial score (nSPS) is 10.3. The van der Waals surface area contributed by atoms with Crippen molar-refractivity contribution in [2.45, 2.75) is 26.3 Å². The van der Waals surface area contributed by atoms with Crippen molar-refractivity contribution in [3.63, 3.8) is 0 Å². The lowest BCUT2D eigenvalue weighted by molar-refractivity contribution is 0.102. The van der Waals surface area contributed by atoms with Crippen molar-refractivity contribution in [3.05, 3.63) is 76.3 Å². The van der Waals surface area contributed by atoms with E-state index in [1.807, 2.05) is 26.0 Å². The van der Waals surface area contributed by atoms with Crippen LogP contribution in [-0.4, -0.2) is 23.0 Å². The first-order valence-electron chi connectivity index (χ1n) is 9.35. The molecule has 152 valence electrons. The number of benzene rings is 2. The van der Waals surface area contributed by atoms with Crippen LogP contribution >= 0.6 is 11.3 Å². The van der Waals surface area contributed by atoms with E-state index in [0.29, 0.717) is 28.4 Å². The second-order valence-electron chi connectivity index (χ2n) is 6.90. The Labute approximate surface area is 178 Å². The maximum atomic E-state index is 12.5. The molecule has 0 atom stereocenters. The van der Waals surface area contributed by atoms with Gasteiger partial charge in [-0.05, 0) is 55.8 Å². The van der Waals surface area contributed by atoms with E-state index < -0.39 is 0 Å². The van der Waals surface area contributed by atoms with Crippen LogP contribution in [0.1, 0.15) is 40.2 Å². The summed E-state index contributed by atoms with van der Waals surface area (Å²) in [6.07, 6.45) is 2.41. The fourth-order valence-electron chi connectivity index (χ4n) is 2.65. The van der Waals surface area contributed by atoms with Crippen molar-refractivity contribution in [1.29, 1.82) is 5.26 Å². The average Bonchev–Trinajstić information content (AvgIpc) is 3.15. The quantitative estimate of drug-likeness (QED) is 0.551. The van der Waals surface area contributed by atoms with E-state index in [9.17, 15) is 9.59 Å². The zero-order valence-electron chi connectivity index (χ0n) is 16.6. The summed E-state index contributed by atoms with van der Waals surface area (Å²) in [5, 5.41) is 17.6. The van der Waals surface area contributed by atoms with E-state index in [0.717, 1.165) is 10.4 Å². The minimum atomic E-state index is -0.292. The van der Waals surface area contributed by atoms with E-state index >= 15 is 0 Å². The van der Waals surface area contributed by atoms with Gasteiger partial charge in [0.1, 0.15) is 0 Å². The summed E-state index contributed by atoms with van der Waals surface area (Å²) in [6, 6.07) is 15.9. The van der Waals surface area contributed by atoms with Crippen LogP contribution in [0.4, 0.5) is 15.6 Å². The number of nitriles is 1. The van der Waals surface area contributed by atoms with Gasteiger partial charge in [0.15, 0.2) is 5.13 Å². The van der Waals surface area contributed by atoms with Gasteiger partial charge in [0, 0.05) is 34.8 Å². The van der Waals surface area contributed by atoms with Crippen molar-refractivity contribution >= 4 is 34.1 Å². The van der Waals surface area contributed by atoms with Crippen molar-refractivity contribution < 1.29 is 9.59 Å². The van der Waals surface area contributed by atoms with Gasteiger partial charge in [-0.1, -0.05) is 12.1 Å². The summed E-state index contributed by atoms with van der Waals surface area (Å²) in [7, 11) is 0. The molecule has 3 N–H and O–H groups in total. The third-order valence-electron chi connectivity index (χ3n) is 4.06. The molecule has 0 aliphatic rings. The van der Waals surface area contributed by atoms with Crippen LogP contribution in [0.3, 0.4) is 0 Å². The standard InChI is InChI=1S/C22H21N5O2S/c1-14(2)25-21(29)26-18-9-7-17(8-10-18)20(28)27-22-24-13-19(30-22)11-15-3-5-16(12-23)6-4-15/h3-10,13-14H,11H2,1-2H3,(H,24,27,28)(H2,25,26,29). The molecule has 1 aromatic heterocycles. The molecule has 0 saturated heterocycles. The first kappa shape index (κ1) is 21.0. The Bertz CT molecular complexity index is 1070. The maximum Gasteiger partial charge on any atom is 0.319 e. The molecular formula is C22H21N5O2S. The molecular weight excluding hydrogens is 398 g/mol. The SMILES string of the molecule is CC(C)NC(=O)Nc1ccc(C(=O)Nc2ncc(Cc3ccc(C#N)cc3)s2)cc1. The molecule has 0 spiro atoms. The van der Waals surface area contributed by atoms with Crippen molar-refractivity contribution in [1.82, 2.24) is 10.3 Å². The molecule has 0 unspecified atom stereocenters. The summed E-state index contributed by atoms with van der Waals surface area (Å²) < 4.78 is 0. The number of amides is 3. The van der Waals surface area contributed by atoms with Gasteiger partial charge < -0.3 is 10.6 Å². The number of hydrogen-bond acceptors (Lipinski definition) is 5. The van der Waals surface area contributed by atoms with Crippen molar-refractivity contribution in [3.8, 4) is 6.07 Å². The molecule has 0 fully saturated rings. The summed E-state index contributed by atoms with van der Waals surface area (Å²) in [6.45, 7) is 3.75. The first-order valence-corrected chi connectivity index (χ1v) is 10.2. The van der Waals surface area contributed by atoms with Crippen LogP contribution < -0.4 is 16.0 Å². The Balaban J connectivity index is 1.57. The minimum absolute atomic E-state index is 0.0372. The van der Waals surface area contributed by atoms with Gasteiger partial charge in [-0.15, -0.1) is 11.3 Å². The van der Waals surface area contributed by atoms with E-state index in [2.05, 4.69) is 27.0 Å². The highest BCUT2D eigenvalue weighted by atomic mass is 32.1. The number of thiazole rings is 1. The Morgan fingerprint density at radius 2 is 1.77 bits per heavy atom. The van der Waals surface area contributed by atoms with Crippen LogP contribution in [0.2, 0.25) is 0 Å². The molecule has 30 heavy (non-hydrogen) atoms. The number of carbonyl (C=O) groups is 2. The van der Waals surface area contributed by atoms with Gasteiger partial charge >= 0.3 is 6.03 Å². The number of aromatic nitrogens is 1. The van der Waals surface area contributed by atoms with Crippen LogP contribution in [0.25, 0.3) is 0 Å². The monoisotopic (exact) mass is 419 g/mol. The van der Waals surface area contributed by atoms with Gasteiger partial charge in [0.05, 0.1) is 11.6 Å². The third-order valence-corrected chi connectivity index (χ3v) is 4.97. The summed E-state index contributed by atoms with van der Waals surface area (Å²) in [4.78, 5) is 29.5. The highest BCUT2D eigenvalue weighted by Crippen LogP contribution is 2.22. The smallest absolute Gasteiger partial charge is 0.319 e. The molecule has 1 heterocycles. The van der Waals surface area contributed by atoms with E-state index in [4.69, 9.17) is 5.26 Å². The lowest BCUT2D eigenvalue weighted by atomic mass is 10.1. The lowest BCUT2D eigenvalue weighted by Gasteiger charge is -2.10. The summed E-state index contributed by atoms with van der Waals surface area (Å²) in [5.41, 5.74) is 2.76. The zero-order valence-corrected chi connectivity index (χ0v) is 17.4. The highest BCUT2D eigenvalue weighted by Gasteiger charge is 2.10. The van der Waals surface area contributed by atoms with Gasteiger partial charge in [-0.3, -0.25) is 10.1 Å². The number of hydrogen-bond donors (Lipinski definition) is 3. The summed E-state index contributed by atoms with van der Waals surface area (Å²) in [5.74, 6) is -0.271. The van der Waals surface area contributed by atoms with Gasteiger partial charge in [-0.25, -0.2) is 9.78 Å². The second kappa shape index (κ2) is 9.67. The molecule has 2 aromatic carbocycles. The Morgan fingerprint density at radius 1 is 1.07 bits per heavy atom. The predicted octanol–water partition coefficient (Wildman–Crippen LogP) is 4.39. The topological polar surface area (TPSA) is 107 Å². The fourth-order valence-corrected chi connectivity index (χ4v) is 3.49. The van der Waals surface area contributed by atoms with E-state index in [1.54, 1.807) is 42.6 Å². The van der Waals surface area contributed by atoms with Crippen LogP contribution in [0.5, 0.6) is 0 Å². The molecule has 7 nitrogen and oxygen atoms in total. The number of anilines is 2. The summed E-state index contributed by atoms with van der Waals surface area (Å²) >= 11 is 1.40. The maximum absolute atomic E-state index is 12.5. The predicted molar refractivity (Wildman–Crippen MR) is 118 cm³/mol. The molecule has 0 aliphatic carbocycles. The van der Waals surface area contributed by atoms with Gasteiger partial charge in [-0.2, -0.15) is 5.26 Å². The van der Waals surface area contributed by atoms with Gasteiger partial charge in [0.2, 0.25) is 0 Å². The Morgan fingerprint density at radius 3 is 2.40 bits per heavy atom. The minimum Gasteiger partial charge on any atom is -0.336 e. The third kappa shape index (κ3) is 5.90. The number of urea groups is 1. The first-order chi connectivity index (χ1) is 14.4. The molecule has 3 amide bonds. The largest absolute Gasteiger partial charge is 0.336 e. The molecule has 8 heteroatoms. The van der Waals surface area contributed by atoms with E-state index in [1.165, 1.54) is 11.3 Å². The van der Waals surface area contributed by atoms with E-state index in [-0.39, 0.29) is 18.0 Å². The molecule has 3 rings (SSSR count). The molecule has 0 radical (unpaired) electrons. The second-order valence-corrected chi connectivity index (χ2v) is 8.02. The number of carbonyl (C=O) groups excluding carboxylic acids is 2. The zero-order chi connectivity index (χ0) is 21.5. The molecule has 0 bridgehead atoms. The average molecular weight is 420 g/mol. The van der Waals surface area contributed by atoms with Crippen LogP contribution in [0.15, 0.2) is 54.7 Å².